The Labute approximate surface area is 140 Å². The fourth-order valence-corrected chi connectivity index (χ4v) is 3.34. The summed E-state index contributed by atoms with van der Waals surface area (Å²) in [6.45, 7) is 2.67. The molecule has 3 aromatic carbocycles. The van der Waals surface area contributed by atoms with Crippen LogP contribution in [0.2, 0.25) is 0 Å². The number of carbonyl (C=O) groups is 1. The average Bonchev–Trinajstić information content (AvgIpc) is 2.93. The molecule has 0 fully saturated rings. The molecule has 1 amide bonds. The van der Waals surface area contributed by atoms with Crippen molar-refractivity contribution in [3.63, 3.8) is 0 Å². The fourth-order valence-electron chi connectivity index (χ4n) is 3.34. The molecule has 3 heteroatoms. The van der Waals surface area contributed by atoms with Gasteiger partial charge in [0.25, 0.3) is 5.91 Å². The van der Waals surface area contributed by atoms with E-state index in [-0.39, 0.29) is 0 Å². The topological polar surface area (TPSA) is 48.0 Å². The van der Waals surface area contributed by atoms with Crippen molar-refractivity contribution in [3.8, 4) is 0 Å². The van der Waals surface area contributed by atoms with E-state index in [1.54, 1.807) is 0 Å². The molecule has 0 spiro atoms. The van der Waals surface area contributed by atoms with Gasteiger partial charge in [-0.15, -0.1) is 0 Å². The average molecular weight is 314 g/mol. The minimum atomic E-state index is -0.399. The second-order valence-electron chi connectivity index (χ2n) is 6.18. The quantitative estimate of drug-likeness (QED) is 0.604. The molecular weight excluding hydrogens is 296 g/mol. The molecule has 4 aromatic rings. The highest BCUT2D eigenvalue weighted by Crippen LogP contribution is 2.25. The molecule has 0 aliphatic rings. The van der Waals surface area contributed by atoms with Gasteiger partial charge in [0, 0.05) is 17.4 Å². The van der Waals surface area contributed by atoms with Crippen LogP contribution >= 0.6 is 0 Å². The van der Waals surface area contributed by atoms with Crippen molar-refractivity contribution in [2.75, 3.05) is 0 Å². The number of carbonyl (C=O) groups excluding carboxylic acids is 1. The predicted octanol–water partition coefficient (Wildman–Crippen LogP) is 4.25. The number of nitrogens with two attached hydrogens (primary N) is 1. The number of amides is 1. The summed E-state index contributed by atoms with van der Waals surface area (Å²) in [5, 5.41) is 3.43. The summed E-state index contributed by atoms with van der Waals surface area (Å²) in [6.07, 6.45) is 0. The van der Waals surface area contributed by atoms with Crippen LogP contribution in [0.25, 0.3) is 21.7 Å². The number of hydrogen-bond donors (Lipinski definition) is 1. The first-order valence-corrected chi connectivity index (χ1v) is 8.00. The van der Waals surface area contributed by atoms with Crippen molar-refractivity contribution >= 4 is 27.6 Å². The van der Waals surface area contributed by atoms with E-state index in [1.165, 1.54) is 16.3 Å². The van der Waals surface area contributed by atoms with E-state index in [4.69, 9.17) is 5.73 Å². The number of nitrogens with zero attached hydrogens (tertiary/aromatic N) is 1. The Bertz CT molecular complexity index is 1070. The lowest BCUT2D eigenvalue weighted by Gasteiger charge is -2.12. The maximum atomic E-state index is 11.9. The van der Waals surface area contributed by atoms with Gasteiger partial charge in [-0.1, -0.05) is 54.6 Å². The van der Waals surface area contributed by atoms with Crippen LogP contribution in [0.1, 0.15) is 21.6 Å². The second-order valence-corrected chi connectivity index (χ2v) is 6.18. The van der Waals surface area contributed by atoms with Gasteiger partial charge in [-0.05, 0) is 41.0 Å². The minimum absolute atomic E-state index is 0.399. The predicted molar refractivity (Wildman–Crippen MR) is 98.2 cm³/mol. The van der Waals surface area contributed by atoms with Crippen LogP contribution in [0, 0.1) is 6.92 Å². The van der Waals surface area contributed by atoms with Crippen molar-refractivity contribution in [1.82, 2.24) is 4.57 Å². The van der Waals surface area contributed by atoms with Gasteiger partial charge < -0.3 is 10.3 Å². The monoisotopic (exact) mass is 314 g/mol. The maximum Gasteiger partial charge on any atom is 0.265 e. The zero-order chi connectivity index (χ0) is 16.7. The standard InChI is InChI=1S/C21H18N2O/c1-14-9-10-16-12-20(21(22)24)23(19(16)11-14)13-17-7-4-6-15-5-2-3-8-18(15)17/h2-12H,13H2,1H3,(H2,22,24). The first kappa shape index (κ1) is 14.5. The molecule has 0 aliphatic carbocycles. The van der Waals surface area contributed by atoms with E-state index in [0.717, 1.165) is 16.5 Å². The third-order valence-electron chi connectivity index (χ3n) is 4.52. The molecule has 3 nitrogen and oxygen atoms in total. The van der Waals surface area contributed by atoms with Crippen LogP contribution in [0.4, 0.5) is 0 Å². The highest BCUT2D eigenvalue weighted by atomic mass is 16.1. The van der Waals surface area contributed by atoms with Crippen LogP contribution in [0.5, 0.6) is 0 Å². The van der Waals surface area contributed by atoms with Crippen LogP contribution in [0.15, 0.2) is 66.7 Å². The summed E-state index contributed by atoms with van der Waals surface area (Å²) >= 11 is 0. The second kappa shape index (κ2) is 5.53. The summed E-state index contributed by atoms with van der Waals surface area (Å²) in [6, 6.07) is 22.6. The van der Waals surface area contributed by atoms with Crippen molar-refractivity contribution in [2.45, 2.75) is 13.5 Å². The SMILES string of the molecule is Cc1ccc2cc(C(N)=O)n(Cc3cccc4ccccc34)c2c1. The summed E-state index contributed by atoms with van der Waals surface area (Å²) in [5.74, 6) is -0.399. The van der Waals surface area contributed by atoms with E-state index in [9.17, 15) is 4.79 Å². The van der Waals surface area contributed by atoms with Gasteiger partial charge in [0.05, 0.1) is 0 Å². The van der Waals surface area contributed by atoms with E-state index >= 15 is 0 Å². The van der Waals surface area contributed by atoms with Crippen molar-refractivity contribution in [3.05, 3.63) is 83.6 Å². The molecule has 4 rings (SSSR count). The molecule has 0 saturated carbocycles. The zero-order valence-electron chi connectivity index (χ0n) is 13.5. The number of aryl methyl sites for hydroxylation is 1. The van der Waals surface area contributed by atoms with Crippen molar-refractivity contribution in [2.24, 2.45) is 5.73 Å². The largest absolute Gasteiger partial charge is 0.364 e. The normalized spacial score (nSPS) is 11.2. The maximum absolute atomic E-state index is 11.9. The smallest absolute Gasteiger partial charge is 0.265 e. The van der Waals surface area contributed by atoms with E-state index in [0.29, 0.717) is 12.2 Å². The summed E-state index contributed by atoms with van der Waals surface area (Å²) in [5.41, 5.74) is 9.54. The molecule has 0 aliphatic heterocycles. The van der Waals surface area contributed by atoms with Crippen molar-refractivity contribution < 1.29 is 4.79 Å². The van der Waals surface area contributed by atoms with Crippen LogP contribution in [-0.2, 0) is 6.54 Å². The molecule has 1 heterocycles. The first-order valence-electron chi connectivity index (χ1n) is 8.00. The number of rotatable bonds is 3. The molecule has 0 saturated heterocycles. The summed E-state index contributed by atoms with van der Waals surface area (Å²) < 4.78 is 2.02. The first-order chi connectivity index (χ1) is 11.6. The molecule has 24 heavy (non-hydrogen) atoms. The summed E-state index contributed by atoms with van der Waals surface area (Å²) in [4.78, 5) is 11.9. The molecule has 2 N–H and O–H groups in total. The Kier molecular flexibility index (Phi) is 3.35. The van der Waals surface area contributed by atoms with Crippen LogP contribution in [0.3, 0.4) is 0 Å². The molecule has 0 radical (unpaired) electrons. The lowest BCUT2D eigenvalue weighted by atomic mass is 10.0. The Hall–Kier alpha value is -3.07. The van der Waals surface area contributed by atoms with Crippen LogP contribution < -0.4 is 5.73 Å². The van der Waals surface area contributed by atoms with Gasteiger partial charge in [-0.25, -0.2) is 0 Å². The third-order valence-corrected chi connectivity index (χ3v) is 4.52. The molecule has 0 unspecified atom stereocenters. The van der Waals surface area contributed by atoms with Gasteiger partial charge in [0.1, 0.15) is 5.69 Å². The molecule has 1 aromatic heterocycles. The molecule has 0 atom stereocenters. The summed E-state index contributed by atoms with van der Waals surface area (Å²) in [7, 11) is 0. The number of hydrogen-bond acceptors (Lipinski definition) is 1. The Morgan fingerprint density at radius 1 is 0.958 bits per heavy atom. The number of benzene rings is 3. The lowest BCUT2D eigenvalue weighted by Crippen LogP contribution is -2.17. The Morgan fingerprint density at radius 3 is 2.58 bits per heavy atom. The fraction of sp³-hybridized carbons (Fsp3) is 0.0952. The lowest BCUT2D eigenvalue weighted by molar-refractivity contribution is 0.0992. The van der Waals surface area contributed by atoms with Gasteiger partial charge in [-0.2, -0.15) is 0 Å². The minimum Gasteiger partial charge on any atom is -0.364 e. The van der Waals surface area contributed by atoms with Gasteiger partial charge in [0.15, 0.2) is 0 Å². The van der Waals surface area contributed by atoms with E-state index < -0.39 is 5.91 Å². The molecule has 0 bridgehead atoms. The molecule has 118 valence electrons. The van der Waals surface area contributed by atoms with Gasteiger partial charge in [-0.3, -0.25) is 4.79 Å². The van der Waals surface area contributed by atoms with E-state index in [2.05, 4.69) is 49.4 Å². The Morgan fingerprint density at radius 2 is 1.75 bits per heavy atom. The number of primary amides is 1. The van der Waals surface area contributed by atoms with Gasteiger partial charge >= 0.3 is 0 Å². The zero-order valence-corrected chi connectivity index (χ0v) is 13.5. The highest BCUT2D eigenvalue weighted by Gasteiger charge is 2.14. The van der Waals surface area contributed by atoms with Crippen LogP contribution in [-0.4, -0.2) is 10.5 Å². The third kappa shape index (κ3) is 2.35. The number of fused-ring (bicyclic) bond motifs is 2. The molecular formula is C21H18N2O. The Balaban J connectivity index is 1.94. The highest BCUT2D eigenvalue weighted by molar-refractivity contribution is 5.98. The van der Waals surface area contributed by atoms with Crippen molar-refractivity contribution in [1.29, 1.82) is 0 Å². The van der Waals surface area contributed by atoms with E-state index in [1.807, 2.05) is 28.8 Å². The van der Waals surface area contributed by atoms with Gasteiger partial charge in [0.2, 0.25) is 0 Å². The number of aromatic nitrogens is 1.